The molecule has 1 N–H and O–H groups in total. The number of cyclic esters (lactones) is 1. The minimum Gasteiger partial charge on any atom is -0.512 e. The zero-order valence-corrected chi connectivity index (χ0v) is 10.7. The van der Waals surface area contributed by atoms with Crippen LogP contribution >= 0.6 is 0 Å². The molecule has 0 amide bonds. The maximum Gasteiger partial charge on any atom is 0.341 e. The Morgan fingerprint density at radius 1 is 1.42 bits per heavy atom. The number of carbonyl (C=O) groups excluding carboxylic acids is 2. The fourth-order valence-electron chi connectivity index (χ4n) is 2.01. The number of benzene rings is 1. The number of esters is 2. The number of aliphatic hydroxyl groups is 1. The molecule has 2 rings (SSSR count). The number of aliphatic hydroxyl groups excluding tert-OH is 1. The first-order valence-corrected chi connectivity index (χ1v) is 5.93. The van der Waals surface area contributed by atoms with E-state index in [4.69, 9.17) is 9.47 Å². The van der Waals surface area contributed by atoms with Gasteiger partial charge in [-0.3, -0.25) is 0 Å². The Morgan fingerprint density at radius 2 is 2.11 bits per heavy atom. The van der Waals surface area contributed by atoms with Crippen LogP contribution in [0.1, 0.15) is 35.9 Å². The lowest BCUT2D eigenvalue weighted by atomic mass is 9.98. The molecule has 0 bridgehead atoms. The van der Waals surface area contributed by atoms with Crippen molar-refractivity contribution in [1.82, 2.24) is 0 Å². The van der Waals surface area contributed by atoms with Crippen LogP contribution in [0.4, 0.5) is 0 Å². The van der Waals surface area contributed by atoms with Crippen LogP contribution in [0.15, 0.2) is 35.6 Å². The maximum absolute atomic E-state index is 11.9. The average molecular weight is 262 g/mol. The third-order valence-electron chi connectivity index (χ3n) is 2.84. The maximum atomic E-state index is 11.9. The van der Waals surface area contributed by atoms with Gasteiger partial charge in [-0.15, -0.1) is 0 Å². The summed E-state index contributed by atoms with van der Waals surface area (Å²) in [4.78, 5) is 23.6. The molecule has 1 aliphatic rings. The summed E-state index contributed by atoms with van der Waals surface area (Å²) < 4.78 is 10.0. The average Bonchev–Trinajstić information content (AvgIpc) is 2.68. The minimum atomic E-state index is -0.909. The summed E-state index contributed by atoms with van der Waals surface area (Å²) in [5.74, 6) is -1.41. The van der Waals surface area contributed by atoms with Crippen molar-refractivity contribution < 1.29 is 24.2 Å². The van der Waals surface area contributed by atoms with E-state index in [2.05, 4.69) is 0 Å². The molecule has 0 saturated heterocycles. The van der Waals surface area contributed by atoms with Gasteiger partial charge < -0.3 is 14.6 Å². The molecule has 1 unspecified atom stereocenters. The molecule has 0 spiro atoms. The molecule has 5 nitrogen and oxygen atoms in total. The molecule has 1 heterocycles. The highest BCUT2D eigenvalue weighted by Gasteiger charge is 2.38. The molecule has 1 aromatic rings. The topological polar surface area (TPSA) is 72.8 Å². The zero-order chi connectivity index (χ0) is 14.0. The van der Waals surface area contributed by atoms with Crippen molar-refractivity contribution in [2.45, 2.75) is 20.0 Å². The molecular weight excluding hydrogens is 248 g/mol. The predicted molar refractivity (Wildman–Crippen MR) is 66.6 cm³/mol. The lowest BCUT2D eigenvalue weighted by molar-refractivity contribution is -0.139. The molecule has 5 heteroatoms. The third-order valence-corrected chi connectivity index (χ3v) is 2.84. The first-order chi connectivity index (χ1) is 9.06. The number of carbonyl (C=O) groups is 2. The first-order valence-electron chi connectivity index (χ1n) is 5.93. The number of hydrogen-bond acceptors (Lipinski definition) is 5. The summed E-state index contributed by atoms with van der Waals surface area (Å²) in [5, 5.41) is 9.67. The number of allylic oxidation sites excluding steroid dienone is 1. The minimum absolute atomic E-state index is 0.0415. The number of hydrogen-bond donors (Lipinski definition) is 1. The fourth-order valence-corrected chi connectivity index (χ4v) is 2.01. The smallest absolute Gasteiger partial charge is 0.341 e. The van der Waals surface area contributed by atoms with E-state index in [0.29, 0.717) is 11.1 Å². The van der Waals surface area contributed by atoms with E-state index in [1.807, 2.05) is 0 Å². The van der Waals surface area contributed by atoms with Gasteiger partial charge >= 0.3 is 11.9 Å². The van der Waals surface area contributed by atoms with E-state index in [-0.39, 0.29) is 17.9 Å². The van der Waals surface area contributed by atoms with Gasteiger partial charge in [-0.05, 0) is 19.9 Å². The van der Waals surface area contributed by atoms with Gasteiger partial charge in [0.25, 0.3) is 0 Å². The summed E-state index contributed by atoms with van der Waals surface area (Å²) in [5.41, 5.74) is 0.916. The van der Waals surface area contributed by atoms with Crippen molar-refractivity contribution in [3.63, 3.8) is 0 Å². The van der Waals surface area contributed by atoms with E-state index >= 15 is 0 Å². The molecule has 0 aromatic heterocycles. The first kappa shape index (κ1) is 13.1. The normalized spacial score (nSPS) is 18.4. The van der Waals surface area contributed by atoms with Gasteiger partial charge in [0, 0.05) is 5.56 Å². The molecular formula is C14H14O5. The monoisotopic (exact) mass is 262 g/mol. The van der Waals surface area contributed by atoms with Gasteiger partial charge in [0.1, 0.15) is 11.3 Å². The molecule has 1 atom stereocenters. The summed E-state index contributed by atoms with van der Waals surface area (Å²) in [7, 11) is 0. The Labute approximate surface area is 110 Å². The molecule has 0 saturated carbocycles. The standard InChI is InChI=1S/C14H14O5/c1-3-18-14(17)11(8(2)15)12-9-6-4-5-7-10(9)13(16)19-12/h4-7,12,15H,3H2,1-2H3/b11-8-. The van der Waals surface area contributed by atoms with E-state index in [9.17, 15) is 14.7 Å². The number of fused-ring (bicyclic) bond motifs is 1. The summed E-state index contributed by atoms with van der Waals surface area (Å²) in [6, 6.07) is 6.76. The lowest BCUT2D eigenvalue weighted by Gasteiger charge is -2.14. The SMILES string of the molecule is CCOC(=O)/C(=C(/C)O)C1OC(=O)c2ccccc21. The van der Waals surface area contributed by atoms with E-state index < -0.39 is 18.0 Å². The van der Waals surface area contributed by atoms with Gasteiger partial charge in [-0.1, -0.05) is 18.2 Å². The highest BCUT2D eigenvalue weighted by molar-refractivity contribution is 5.98. The van der Waals surface area contributed by atoms with Gasteiger partial charge in [-0.2, -0.15) is 0 Å². The number of rotatable bonds is 3. The highest BCUT2D eigenvalue weighted by Crippen LogP contribution is 2.37. The van der Waals surface area contributed by atoms with Crippen LogP contribution < -0.4 is 0 Å². The number of ether oxygens (including phenoxy) is 2. The Hall–Kier alpha value is -2.30. The van der Waals surface area contributed by atoms with Crippen LogP contribution in [-0.2, 0) is 14.3 Å². The molecule has 0 radical (unpaired) electrons. The molecule has 1 aliphatic heterocycles. The van der Waals surface area contributed by atoms with Gasteiger partial charge in [0.05, 0.1) is 12.2 Å². The lowest BCUT2D eigenvalue weighted by Crippen LogP contribution is -2.17. The molecule has 0 aliphatic carbocycles. The second-order valence-corrected chi connectivity index (χ2v) is 4.09. The van der Waals surface area contributed by atoms with Gasteiger partial charge in [-0.25, -0.2) is 9.59 Å². The second kappa shape index (κ2) is 5.14. The Balaban J connectivity index is 2.45. The van der Waals surface area contributed by atoms with Crippen LogP contribution in [-0.4, -0.2) is 23.7 Å². The van der Waals surface area contributed by atoms with Crippen LogP contribution in [0.3, 0.4) is 0 Å². The Kier molecular flexibility index (Phi) is 3.55. The van der Waals surface area contributed by atoms with Crippen LogP contribution in [0, 0.1) is 0 Å². The van der Waals surface area contributed by atoms with Crippen LogP contribution in [0.25, 0.3) is 0 Å². The molecule has 0 fully saturated rings. The van der Waals surface area contributed by atoms with Crippen molar-refractivity contribution in [1.29, 1.82) is 0 Å². The van der Waals surface area contributed by atoms with E-state index in [1.165, 1.54) is 6.92 Å². The van der Waals surface area contributed by atoms with Crippen LogP contribution in [0.5, 0.6) is 0 Å². The highest BCUT2D eigenvalue weighted by atomic mass is 16.6. The van der Waals surface area contributed by atoms with Crippen molar-refractivity contribution in [2.24, 2.45) is 0 Å². The molecule has 19 heavy (non-hydrogen) atoms. The predicted octanol–water partition coefficient (Wildman–Crippen LogP) is 2.29. The fraction of sp³-hybridized carbons (Fsp3) is 0.286. The largest absolute Gasteiger partial charge is 0.512 e. The zero-order valence-electron chi connectivity index (χ0n) is 10.7. The summed E-state index contributed by atoms with van der Waals surface area (Å²) >= 11 is 0. The second-order valence-electron chi connectivity index (χ2n) is 4.09. The van der Waals surface area contributed by atoms with Crippen LogP contribution in [0.2, 0.25) is 0 Å². The Bertz CT molecular complexity index is 555. The molecule has 1 aromatic carbocycles. The van der Waals surface area contributed by atoms with Crippen molar-refractivity contribution in [3.8, 4) is 0 Å². The molecule has 100 valence electrons. The van der Waals surface area contributed by atoms with Crippen molar-refractivity contribution >= 4 is 11.9 Å². The van der Waals surface area contributed by atoms with Gasteiger partial charge in [0.2, 0.25) is 0 Å². The summed E-state index contributed by atoms with van der Waals surface area (Å²) in [6.07, 6.45) is -0.909. The third kappa shape index (κ3) is 2.31. The summed E-state index contributed by atoms with van der Waals surface area (Å²) in [6.45, 7) is 3.20. The van der Waals surface area contributed by atoms with Gasteiger partial charge in [0.15, 0.2) is 6.10 Å². The van der Waals surface area contributed by atoms with Crippen molar-refractivity contribution in [3.05, 3.63) is 46.7 Å². The van der Waals surface area contributed by atoms with E-state index in [0.717, 1.165) is 0 Å². The van der Waals surface area contributed by atoms with E-state index in [1.54, 1.807) is 31.2 Å². The quantitative estimate of drug-likeness (QED) is 0.514. The Morgan fingerprint density at radius 3 is 2.74 bits per heavy atom. The van der Waals surface area contributed by atoms with Crippen molar-refractivity contribution in [2.75, 3.05) is 6.61 Å².